The molecule has 24 heavy (non-hydrogen) atoms. The Morgan fingerprint density at radius 3 is 2.62 bits per heavy atom. The van der Waals surface area contributed by atoms with Gasteiger partial charge in [-0.1, -0.05) is 13.8 Å². The molecule has 2 aliphatic heterocycles. The molecule has 2 aliphatic rings. The summed E-state index contributed by atoms with van der Waals surface area (Å²) in [4.78, 5) is 16.5. The average molecular weight is 334 g/mol. The van der Waals surface area contributed by atoms with Gasteiger partial charge in [0.1, 0.15) is 0 Å². The normalized spacial score (nSPS) is 17.4. The van der Waals surface area contributed by atoms with Crippen LogP contribution in [0.25, 0.3) is 0 Å². The lowest BCUT2D eigenvalue weighted by Gasteiger charge is -2.35. The first-order valence-corrected chi connectivity index (χ1v) is 8.53. The molecule has 1 aromatic carbocycles. The number of ether oxygens (including phenoxy) is 3. The van der Waals surface area contributed by atoms with Gasteiger partial charge >= 0.3 is 0 Å². The van der Waals surface area contributed by atoms with Crippen LogP contribution in [0, 0.1) is 5.92 Å². The van der Waals surface area contributed by atoms with Crippen molar-refractivity contribution in [3.63, 3.8) is 0 Å². The van der Waals surface area contributed by atoms with E-state index in [1.807, 2.05) is 17.0 Å². The predicted molar refractivity (Wildman–Crippen MR) is 90.4 cm³/mol. The number of nitrogens with zero attached hydrogens (tertiary/aromatic N) is 2. The van der Waals surface area contributed by atoms with Crippen molar-refractivity contribution in [1.29, 1.82) is 0 Å². The fraction of sp³-hybridized carbons (Fsp3) is 0.611. The van der Waals surface area contributed by atoms with Crippen LogP contribution in [0.1, 0.15) is 25.8 Å². The maximum atomic E-state index is 12.1. The largest absolute Gasteiger partial charge is 0.493 e. The lowest BCUT2D eigenvalue weighted by molar-refractivity contribution is -0.133. The van der Waals surface area contributed by atoms with Gasteiger partial charge in [0.15, 0.2) is 11.5 Å². The highest BCUT2D eigenvalue weighted by atomic mass is 16.7. The third-order valence-electron chi connectivity index (χ3n) is 4.43. The predicted octanol–water partition coefficient (Wildman–Crippen LogP) is 2.11. The summed E-state index contributed by atoms with van der Waals surface area (Å²) < 4.78 is 16.3. The second kappa shape index (κ2) is 7.30. The number of benzene rings is 1. The number of methoxy groups -OCH3 is 1. The lowest BCUT2D eigenvalue weighted by Crippen LogP contribution is -2.48. The van der Waals surface area contributed by atoms with Crippen LogP contribution in [-0.2, 0) is 11.3 Å². The minimum absolute atomic E-state index is 0.242. The van der Waals surface area contributed by atoms with Crippen molar-refractivity contribution >= 4 is 5.91 Å². The maximum Gasteiger partial charge on any atom is 0.231 e. The molecular weight excluding hydrogens is 308 g/mol. The summed E-state index contributed by atoms with van der Waals surface area (Å²) in [5.74, 6) is 2.83. The first kappa shape index (κ1) is 16.9. The van der Waals surface area contributed by atoms with Gasteiger partial charge in [-0.3, -0.25) is 9.69 Å². The molecule has 132 valence electrons. The van der Waals surface area contributed by atoms with E-state index in [1.54, 1.807) is 7.11 Å². The zero-order valence-electron chi connectivity index (χ0n) is 14.7. The van der Waals surface area contributed by atoms with Gasteiger partial charge in [0, 0.05) is 39.1 Å². The fourth-order valence-electron chi connectivity index (χ4n) is 3.17. The Morgan fingerprint density at radius 1 is 1.21 bits per heavy atom. The number of piperazine rings is 1. The second-order valence-corrected chi connectivity index (χ2v) is 6.79. The van der Waals surface area contributed by atoms with Crippen molar-refractivity contribution in [3.8, 4) is 17.2 Å². The molecule has 0 unspecified atom stereocenters. The van der Waals surface area contributed by atoms with E-state index in [-0.39, 0.29) is 12.7 Å². The number of hydrogen-bond acceptors (Lipinski definition) is 5. The minimum Gasteiger partial charge on any atom is -0.493 e. The minimum atomic E-state index is 0.242. The monoisotopic (exact) mass is 334 g/mol. The fourth-order valence-corrected chi connectivity index (χ4v) is 3.17. The van der Waals surface area contributed by atoms with E-state index >= 15 is 0 Å². The van der Waals surface area contributed by atoms with Gasteiger partial charge in [-0.15, -0.1) is 0 Å². The highest BCUT2D eigenvalue weighted by Gasteiger charge is 2.24. The average Bonchev–Trinajstić information content (AvgIpc) is 3.02. The standard InChI is InChI=1S/C18H26N2O4/c1-13(2)8-17(21)20-6-4-19(5-7-20)11-14-9-15(22-3)18-16(10-14)23-12-24-18/h9-10,13H,4-8,11-12H2,1-3H3. The molecule has 1 aromatic rings. The first-order chi connectivity index (χ1) is 11.6. The highest BCUT2D eigenvalue weighted by Crippen LogP contribution is 2.42. The molecule has 0 aromatic heterocycles. The zero-order valence-corrected chi connectivity index (χ0v) is 14.7. The van der Waals surface area contributed by atoms with E-state index in [0.29, 0.717) is 23.8 Å². The molecule has 1 amide bonds. The van der Waals surface area contributed by atoms with E-state index in [2.05, 4.69) is 18.7 Å². The summed E-state index contributed by atoms with van der Waals surface area (Å²) in [5.41, 5.74) is 1.14. The Morgan fingerprint density at radius 2 is 1.96 bits per heavy atom. The number of hydrogen-bond donors (Lipinski definition) is 0. The van der Waals surface area contributed by atoms with Crippen molar-refractivity contribution < 1.29 is 19.0 Å². The molecule has 6 nitrogen and oxygen atoms in total. The molecule has 0 radical (unpaired) electrons. The van der Waals surface area contributed by atoms with Gasteiger partial charge in [-0.25, -0.2) is 0 Å². The van der Waals surface area contributed by atoms with E-state index < -0.39 is 0 Å². The van der Waals surface area contributed by atoms with E-state index in [0.717, 1.165) is 44.0 Å². The smallest absolute Gasteiger partial charge is 0.231 e. The maximum absolute atomic E-state index is 12.1. The Labute approximate surface area is 143 Å². The molecule has 0 spiro atoms. The van der Waals surface area contributed by atoms with Crippen molar-refractivity contribution in [1.82, 2.24) is 9.80 Å². The van der Waals surface area contributed by atoms with Gasteiger partial charge < -0.3 is 19.1 Å². The molecule has 0 bridgehead atoms. The molecule has 0 atom stereocenters. The highest BCUT2D eigenvalue weighted by molar-refractivity contribution is 5.76. The summed E-state index contributed by atoms with van der Waals surface area (Å²) in [6, 6.07) is 4.02. The second-order valence-electron chi connectivity index (χ2n) is 6.79. The molecule has 2 heterocycles. The van der Waals surface area contributed by atoms with Crippen LogP contribution in [-0.4, -0.2) is 55.8 Å². The van der Waals surface area contributed by atoms with Crippen LogP contribution in [0.3, 0.4) is 0 Å². The summed E-state index contributed by atoms with van der Waals surface area (Å²) in [7, 11) is 1.64. The van der Waals surface area contributed by atoms with Crippen LogP contribution in [0.2, 0.25) is 0 Å². The number of rotatable bonds is 5. The summed E-state index contributed by atoms with van der Waals surface area (Å²) in [5, 5.41) is 0. The van der Waals surface area contributed by atoms with E-state index in [4.69, 9.17) is 14.2 Å². The Balaban J connectivity index is 1.58. The summed E-state index contributed by atoms with van der Waals surface area (Å²) in [6.45, 7) is 8.61. The van der Waals surface area contributed by atoms with Crippen molar-refractivity contribution in [3.05, 3.63) is 17.7 Å². The van der Waals surface area contributed by atoms with Crippen molar-refractivity contribution in [2.45, 2.75) is 26.8 Å². The molecule has 1 fully saturated rings. The molecule has 0 N–H and O–H groups in total. The van der Waals surface area contributed by atoms with Crippen molar-refractivity contribution in [2.24, 2.45) is 5.92 Å². The quantitative estimate of drug-likeness (QED) is 0.825. The number of carbonyl (C=O) groups excluding carboxylic acids is 1. The van der Waals surface area contributed by atoms with Gasteiger partial charge in [-0.2, -0.15) is 0 Å². The summed E-state index contributed by atoms with van der Waals surface area (Å²) in [6.07, 6.45) is 0.638. The number of carbonyl (C=O) groups is 1. The number of amides is 1. The third-order valence-corrected chi connectivity index (χ3v) is 4.43. The van der Waals surface area contributed by atoms with E-state index in [9.17, 15) is 4.79 Å². The molecular formula is C18H26N2O4. The van der Waals surface area contributed by atoms with Gasteiger partial charge in [0.05, 0.1) is 7.11 Å². The Hall–Kier alpha value is -1.95. The Bertz CT molecular complexity index is 595. The zero-order chi connectivity index (χ0) is 17.1. The molecule has 0 aliphatic carbocycles. The summed E-state index contributed by atoms with van der Waals surface area (Å²) >= 11 is 0. The SMILES string of the molecule is COc1cc(CN2CCN(C(=O)CC(C)C)CC2)cc2c1OCO2. The van der Waals surface area contributed by atoms with Crippen LogP contribution < -0.4 is 14.2 Å². The molecule has 6 heteroatoms. The van der Waals surface area contributed by atoms with Crippen LogP contribution in [0.15, 0.2) is 12.1 Å². The third kappa shape index (κ3) is 3.75. The topological polar surface area (TPSA) is 51.2 Å². The van der Waals surface area contributed by atoms with Crippen molar-refractivity contribution in [2.75, 3.05) is 40.1 Å². The van der Waals surface area contributed by atoms with Crippen LogP contribution >= 0.6 is 0 Å². The molecule has 3 rings (SSSR count). The Kier molecular flexibility index (Phi) is 5.14. The number of fused-ring (bicyclic) bond motifs is 1. The van der Waals surface area contributed by atoms with Gasteiger partial charge in [-0.05, 0) is 23.6 Å². The van der Waals surface area contributed by atoms with Crippen LogP contribution in [0.4, 0.5) is 0 Å². The van der Waals surface area contributed by atoms with Gasteiger partial charge in [0.2, 0.25) is 18.4 Å². The molecule has 1 saturated heterocycles. The van der Waals surface area contributed by atoms with Gasteiger partial charge in [0.25, 0.3) is 0 Å². The lowest BCUT2D eigenvalue weighted by atomic mass is 10.1. The molecule has 0 saturated carbocycles. The first-order valence-electron chi connectivity index (χ1n) is 8.53. The van der Waals surface area contributed by atoms with Crippen LogP contribution in [0.5, 0.6) is 17.2 Å². The van der Waals surface area contributed by atoms with E-state index in [1.165, 1.54) is 0 Å².